The van der Waals surface area contributed by atoms with E-state index in [1.165, 1.54) is 12.1 Å². The Labute approximate surface area is 110 Å². The minimum Gasteiger partial charge on any atom is -0.313 e. The minimum atomic E-state index is -2.60. The van der Waals surface area contributed by atoms with Crippen LogP contribution in [0, 0.1) is 17.6 Å². The third kappa shape index (κ3) is 3.47. The van der Waals surface area contributed by atoms with E-state index in [-0.39, 0.29) is 24.8 Å². The van der Waals surface area contributed by atoms with Gasteiger partial charge in [0.05, 0.1) is 0 Å². The summed E-state index contributed by atoms with van der Waals surface area (Å²) in [6.45, 7) is 0. The summed E-state index contributed by atoms with van der Waals surface area (Å²) in [6.07, 6.45) is 0.397. The summed E-state index contributed by atoms with van der Waals surface area (Å²) < 4.78 is 52.7. The fourth-order valence-electron chi connectivity index (χ4n) is 2.83. The van der Waals surface area contributed by atoms with Crippen LogP contribution in [0.1, 0.15) is 37.3 Å². The molecule has 0 heterocycles. The molecule has 0 saturated heterocycles. The van der Waals surface area contributed by atoms with E-state index in [0.717, 1.165) is 6.07 Å². The van der Waals surface area contributed by atoms with E-state index in [1.807, 2.05) is 0 Å². The zero-order valence-electron chi connectivity index (χ0n) is 10.7. The van der Waals surface area contributed by atoms with E-state index < -0.39 is 17.6 Å². The Morgan fingerprint density at radius 2 is 1.63 bits per heavy atom. The molecule has 0 spiro atoms. The van der Waals surface area contributed by atoms with Crippen molar-refractivity contribution in [2.24, 2.45) is 5.92 Å². The van der Waals surface area contributed by atoms with Crippen LogP contribution in [0.3, 0.4) is 0 Å². The van der Waals surface area contributed by atoms with Gasteiger partial charge in [-0.2, -0.15) is 0 Å². The van der Waals surface area contributed by atoms with Gasteiger partial charge in [0.15, 0.2) is 0 Å². The van der Waals surface area contributed by atoms with Gasteiger partial charge >= 0.3 is 0 Å². The molecule has 1 aromatic carbocycles. The van der Waals surface area contributed by atoms with Gasteiger partial charge < -0.3 is 5.32 Å². The number of hydrogen-bond donors (Lipinski definition) is 1. The van der Waals surface area contributed by atoms with Gasteiger partial charge in [-0.05, 0) is 43.5 Å². The van der Waals surface area contributed by atoms with Crippen LogP contribution in [0.2, 0.25) is 0 Å². The van der Waals surface area contributed by atoms with E-state index in [9.17, 15) is 17.6 Å². The van der Waals surface area contributed by atoms with E-state index in [2.05, 4.69) is 5.32 Å². The molecule has 5 heteroatoms. The van der Waals surface area contributed by atoms with Gasteiger partial charge in [0, 0.05) is 24.9 Å². The van der Waals surface area contributed by atoms with Crippen molar-refractivity contribution in [1.82, 2.24) is 5.32 Å². The van der Waals surface area contributed by atoms with Crippen molar-refractivity contribution in [2.75, 3.05) is 7.05 Å². The van der Waals surface area contributed by atoms with Crippen LogP contribution < -0.4 is 5.32 Å². The summed E-state index contributed by atoms with van der Waals surface area (Å²) in [6, 6.07) is 3.04. The van der Waals surface area contributed by atoms with E-state index in [4.69, 9.17) is 0 Å². The predicted molar refractivity (Wildman–Crippen MR) is 65.1 cm³/mol. The zero-order valence-corrected chi connectivity index (χ0v) is 10.7. The van der Waals surface area contributed by atoms with Crippen molar-refractivity contribution >= 4 is 0 Å². The van der Waals surface area contributed by atoms with Crippen molar-refractivity contribution in [3.8, 4) is 0 Å². The fourth-order valence-corrected chi connectivity index (χ4v) is 2.83. The molecular formula is C14H17F4N. The molecule has 1 unspecified atom stereocenters. The Morgan fingerprint density at radius 1 is 1.11 bits per heavy atom. The maximum absolute atomic E-state index is 13.2. The molecule has 1 aromatic rings. The van der Waals surface area contributed by atoms with Gasteiger partial charge in [-0.1, -0.05) is 0 Å². The number of rotatable bonds is 3. The summed E-state index contributed by atoms with van der Waals surface area (Å²) in [5.74, 6) is -3.90. The van der Waals surface area contributed by atoms with Gasteiger partial charge in [0.25, 0.3) is 0 Å². The Bertz CT molecular complexity index is 417. The van der Waals surface area contributed by atoms with Crippen LogP contribution in [0.25, 0.3) is 0 Å². The quantitative estimate of drug-likeness (QED) is 0.821. The summed E-state index contributed by atoms with van der Waals surface area (Å²) in [7, 11) is 1.68. The van der Waals surface area contributed by atoms with Crippen LogP contribution in [0.15, 0.2) is 18.2 Å². The first-order valence-electron chi connectivity index (χ1n) is 6.42. The average molecular weight is 275 g/mol. The lowest BCUT2D eigenvalue weighted by molar-refractivity contribution is -0.0495. The molecule has 106 valence electrons. The molecule has 1 aliphatic rings. The van der Waals surface area contributed by atoms with Crippen LogP contribution in [0.4, 0.5) is 17.6 Å². The van der Waals surface area contributed by atoms with Gasteiger partial charge in [0.2, 0.25) is 5.92 Å². The van der Waals surface area contributed by atoms with Gasteiger partial charge in [-0.25, -0.2) is 17.6 Å². The largest absolute Gasteiger partial charge is 0.313 e. The SMILES string of the molecule is CNC(c1cc(F)cc(F)c1)C1CCC(F)(F)CC1. The lowest BCUT2D eigenvalue weighted by Gasteiger charge is -2.34. The topological polar surface area (TPSA) is 12.0 Å². The second kappa shape index (κ2) is 5.49. The summed E-state index contributed by atoms with van der Waals surface area (Å²) in [5.41, 5.74) is 0.482. The molecular weight excluding hydrogens is 258 g/mol. The first kappa shape index (κ1) is 14.3. The first-order chi connectivity index (χ1) is 8.91. The maximum Gasteiger partial charge on any atom is 0.248 e. The normalized spacial score (nSPS) is 21.3. The third-order valence-corrected chi connectivity index (χ3v) is 3.79. The van der Waals surface area contributed by atoms with Gasteiger partial charge in [-0.15, -0.1) is 0 Å². The molecule has 1 aliphatic carbocycles. The minimum absolute atomic E-state index is 0.0224. The summed E-state index contributed by atoms with van der Waals surface area (Å²) in [5, 5.41) is 2.99. The number of halogens is 4. The molecule has 1 atom stereocenters. The summed E-state index contributed by atoms with van der Waals surface area (Å²) in [4.78, 5) is 0. The average Bonchev–Trinajstić information content (AvgIpc) is 2.31. The van der Waals surface area contributed by atoms with Gasteiger partial charge in [0.1, 0.15) is 11.6 Å². The Morgan fingerprint density at radius 3 is 2.11 bits per heavy atom. The first-order valence-corrected chi connectivity index (χ1v) is 6.42. The Hall–Kier alpha value is -1.10. The van der Waals surface area contributed by atoms with Crippen LogP contribution in [-0.2, 0) is 0 Å². The van der Waals surface area contributed by atoms with Crippen molar-refractivity contribution < 1.29 is 17.6 Å². The number of benzene rings is 1. The van der Waals surface area contributed by atoms with Crippen molar-refractivity contribution in [1.29, 1.82) is 0 Å². The smallest absolute Gasteiger partial charge is 0.248 e. The monoisotopic (exact) mass is 275 g/mol. The highest BCUT2D eigenvalue weighted by Gasteiger charge is 2.37. The molecule has 0 bridgehead atoms. The lowest BCUT2D eigenvalue weighted by atomic mass is 9.79. The molecule has 0 amide bonds. The van der Waals surface area contributed by atoms with E-state index >= 15 is 0 Å². The van der Waals surface area contributed by atoms with E-state index in [1.54, 1.807) is 7.05 Å². The number of hydrogen-bond acceptors (Lipinski definition) is 1. The molecule has 1 fully saturated rings. The molecule has 0 aliphatic heterocycles. The Balaban J connectivity index is 2.16. The van der Waals surface area contributed by atoms with Gasteiger partial charge in [-0.3, -0.25) is 0 Å². The molecule has 2 rings (SSSR count). The van der Waals surface area contributed by atoms with Crippen molar-refractivity contribution in [2.45, 2.75) is 37.6 Å². The molecule has 1 N–H and O–H groups in total. The third-order valence-electron chi connectivity index (χ3n) is 3.79. The highest BCUT2D eigenvalue weighted by molar-refractivity contribution is 5.22. The highest BCUT2D eigenvalue weighted by Crippen LogP contribution is 2.41. The van der Waals surface area contributed by atoms with Crippen LogP contribution in [-0.4, -0.2) is 13.0 Å². The second-order valence-corrected chi connectivity index (χ2v) is 5.16. The second-order valence-electron chi connectivity index (χ2n) is 5.16. The van der Waals surface area contributed by atoms with Crippen molar-refractivity contribution in [3.63, 3.8) is 0 Å². The lowest BCUT2D eigenvalue weighted by Crippen LogP contribution is -2.32. The maximum atomic E-state index is 13.2. The van der Waals surface area contributed by atoms with Crippen LogP contribution in [0.5, 0.6) is 0 Å². The number of alkyl halides is 2. The molecule has 1 saturated carbocycles. The molecule has 19 heavy (non-hydrogen) atoms. The predicted octanol–water partition coefficient (Wildman–Crippen LogP) is 4.05. The summed E-state index contributed by atoms with van der Waals surface area (Å²) >= 11 is 0. The fraction of sp³-hybridized carbons (Fsp3) is 0.571. The zero-order chi connectivity index (χ0) is 14.0. The molecule has 0 radical (unpaired) electrons. The van der Waals surface area contributed by atoms with Crippen molar-refractivity contribution in [3.05, 3.63) is 35.4 Å². The standard InChI is InChI=1S/C14H17F4N/c1-19-13(9-2-4-14(17,18)5-3-9)10-6-11(15)8-12(16)7-10/h6-9,13,19H,2-5H2,1H3. The number of nitrogens with one attached hydrogen (secondary N) is 1. The Kier molecular flexibility index (Phi) is 4.13. The van der Waals surface area contributed by atoms with E-state index in [0.29, 0.717) is 18.4 Å². The highest BCUT2D eigenvalue weighted by atomic mass is 19.3. The molecule has 0 aromatic heterocycles. The molecule has 1 nitrogen and oxygen atoms in total. The van der Waals surface area contributed by atoms with Crippen LogP contribution >= 0.6 is 0 Å².